The first-order valence-corrected chi connectivity index (χ1v) is 5.48. The van der Waals surface area contributed by atoms with Crippen molar-refractivity contribution in [3.63, 3.8) is 0 Å². The summed E-state index contributed by atoms with van der Waals surface area (Å²) in [5.41, 5.74) is -1.06. The van der Waals surface area contributed by atoms with Gasteiger partial charge in [0.1, 0.15) is 12.0 Å². The molecule has 1 aliphatic carbocycles. The van der Waals surface area contributed by atoms with Crippen molar-refractivity contribution in [1.82, 2.24) is 0 Å². The van der Waals surface area contributed by atoms with E-state index in [1.165, 1.54) is 30.4 Å². The maximum absolute atomic E-state index is 14.3. The van der Waals surface area contributed by atoms with Crippen LogP contribution in [0.25, 0.3) is 0 Å². The van der Waals surface area contributed by atoms with Gasteiger partial charge >= 0.3 is 5.97 Å². The van der Waals surface area contributed by atoms with Gasteiger partial charge in [0.25, 0.3) is 0 Å². The number of aliphatic carboxylic acids is 1. The van der Waals surface area contributed by atoms with Gasteiger partial charge in [-0.1, -0.05) is 24.3 Å². The summed E-state index contributed by atoms with van der Waals surface area (Å²) in [7, 11) is 0. The highest BCUT2D eigenvalue weighted by Gasteiger charge is 2.40. The molecule has 0 saturated heterocycles. The van der Waals surface area contributed by atoms with Crippen molar-refractivity contribution < 1.29 is 18.7 Å². The molecule has 0 aromatic heterocycles. The van der Waals surface area contributed by atoms with Gasteiger partial charge in [-0.2, -0.15) is 0 Å². The summed E-state index contributed by atoms with van der Waals surface area (Å²) >= 11 is 0. The fourth-order valence-corrected chi connectivity index (χ4v) is 2.09. The van der Waals surface area contributed by atoms with E-state index in [1.54, 1.807) is 19.1 Å². The Bertz CT molecular complexity index is 548. The van der Waals surface area contributed by atoms with Crippen molar-refractivity contribution in [3.8, 4) is 0 Å². The Hall–Kier alpha value is -1.97. The summed E-state index contributed by atoms with van der Waals surface area (Å²) in [6.45, 7) is 1.55. The molecule has 1 aromatic carbocycles. The number of benzene rings is 1. The van der Waals surface area contributed by atoms with E-state index in [4.69, 9.17) is 5.11 Å². The Morgan fingerprint density at radius 3 is 2.78 bits per heavy atom. The zero-order valence-electron chi connectivity index (χ0n) is 9.73. The summed E-state index contributed by atoms with van der Waals surface area (Å²) in [4.78, 5) is 10.9. The molecule has 0 heterocycles. The molecular weight excluding hydrogens is 238 g/mol. The molecular formula is C14H12F2O2. The van der Waals surface area contributed by atoms with Crippen LogP contribution < -0.4 is 0 Å². The summed E-state index contributed by atoms with van der Waals surface area (Å²) < 4.78 is 27.5. The smallest absolute Gasteiger partial charge is 0.334 e. The first-order chi connectivity index (χ1) is 8.45. The lowest BCUT2D eigenvalue weighted by Gasteiger charge is -2.33. The topological polar surface area (TPSA) is 37.3 Å². The molecule has 0 fully saturated rings. The summed E-state index contributed by atoms with van der Waals surface area (Å²) in [6, 6.07) is 5.56. The van der Waals surface area contributed by atoms with Crippen molar-refractivity contribution >= 4 is 5.97 Å². The van der Waals surface area contributed by atoms with E-state index in [0.29, 0.717) is 5.56 Å². The summed E-state index contributed by atoms with van der Waals surface area (Å²) in [5, 5.41) is 8.93. The summed E-state index contributed by atoms with van der Waals surface area (Å²) in [5.74, 6) is -1.77. The van der Waals surface area contributed by atoms with E-state index >= 15 is 0 Å². The molecule has 2 rings (SSSR count). The number of carboxylic acids is 1. The Balaban J connectivity index is 2.47. The maximum Gasteiger partial charge on any atom is 0.334 e. The van der Waals surface area contributed by atoms with Crippen LogP contribution in [0.1, 0.15) is 12.5 Å². The van der Waals surface area contributed by atoms with E-state index in [9.17, 15) is 13.6 Å². The fourth-order valence-electron chi connectivity index (χ4n) is 2.09. The minimum Gasteiger partial charge on any atom is -0.478 e. The number of hydrogen-bond donors (Lipinski definition) is 1. The minimum atomic E-state index is -1.71. The molecule has 0 spiro atoms. The average Bonchev–Trinajstić information content (AvgIpc) is 2.32. The maximum atomic E-state index is 14.3. The van der Waals surface area contributed by atoms with Crippen molar-refractivity contribution in [1.29, 1.82) is 0 Å². The Kier molecular flexibility index (Phi) is 3.03. The van der Waals surface area contributed by atoms with Gasteiger partial charge in [-0.25, -0.2) is 13.6 Å². The van der Waals surface area contributed by atoms with Crippen LogP contribution >= 0.6 is 0 Å². The van der Waals surface area contributed by atoms with Crippen LogP contribution in [-0.4, -0.2) is 17.2 Å². The number of hydrogen-bond acceptors (Lipinski definition) is 1. The standard InChI is InChI=1S/C14H12F2O2/c1-14(9-4-2-5-10(15)8-9)7-3-6-11(12(14)16)13(17)18/h2-8,12H,1H3,(H,17,18). The minimum absolute atomic E-state index is 0.315. The van der Waals surface area contributed by atoms with Gasteiger partial charge in [0.15, 0.2) is 0 Å². The molecule has 94 valence electrons. The van der Waals surface area contributed by atoms with Crippen molar-refractivity contribution in [2.45, 2.75) is 18.5 Å². The molecule has 0 bridgehead atoms. The van der Waals surface area contributed by atoms with Crippen LogP contribution in [0.15, 0.2) is 48.1 Å². The van der Waals surface area contributed by atoms with Gasteiger partial charge in [0, 0.05) is 5.41 Å². The number of allylic oxidation sites excluding steroid dienone is 3. The fraction of sp³-hybridized carbons (Fsp3) is 0.214. The molecule has 1 aliphatic rings. The van der Waals surface area contributed by atoms with E-state index < -0.39 is 23.4 Å². The van der Waals surface area contributed by atoms with Crippen LogP contribution in [0.2, 0.25) is 0 Å². The van der Waals surface area contributed by atoms with Gasteiger partial charge in [0.05, 0.1) is 5.57 Å². The van der Waals surface area contributed by atoms with E-state index in [0.717, 1.165) is 0 Å². The molecule has 0 saturated carbocycles. The van der Waals surface area contributed by atoms with Crippen LogP contribution in [0, 0.1) is 5.82 Å². The van der Waals surface area contributed by atoms with Gasteiger partial charge in [-0.05, 0) is 30.7 Å². The van der Waals surface area contributed by atoms with E-state index in [2.05, 4.69) is 0 Å². The normalized spacial score (nSPS) is 26.8. The Labute approximate surface area is 103 Å². The van der Waals surface area contributed by atoms with Gasteiger partial charge in [-0.3, -0.25) is 0 Å². The first-order valence-electron chi connectivity index (χ1n) is 5.48. The average molecular weight is 250 g/mol. The van der Waals surface area contributed by atoms with E-state index in [1.807, 2.05) is 0 Å². The first kappa shape index (κ1) is 12.5. The summed E-state index contributed by atoms with van der Waals surface area (Å²) in [6.07, 6.45) is 2.57. The highest BCUT2D eigenvalue weighted by Crippen LogP contribution is 2.37. The van der Waals surface area contributed by atoms with Gasteiger partial charge in [0.2, 0.25) is 0 Å². The lowest BCUT2D eigenvalue weighted by molar-refractivity contribution is -0.133. The molecule has 0 amide bonds. The second-order valence-corrected chi connectivity index (χ2v) is 4.44. The predicted octanol–water partition coefficient (Wildman–Crippen LogP) is 3.00. The SMILES string of the molecule is CC1(c2cccc(F)c2)C=CC=C(C(=O)O)C1F. The molecule has 1 N–H and O–H groups in total. The van der Waals surface area contributed by atoms with Crippen LogP contribution in [0.4, 0.5) is 8.78 Å². The highest BCUT2D eigenvalue weighted by atomic mass is 19.1. The van der Waals surface area contributed by atoms with E-state index in [-0.39, 0.29) is 5.57 Å². The quantitative estimate of drug-likeness (QED) is 0.876. The molecule has 0 radical (unpaired) electrons. The monoisotopic (exact) mass is 250 g/mol. The molecule has 1 aromatic rings. The third kappa shape index (κ3) is 1.94. The van der Waals surface area contributed by atoms with Gasteiger partial charge in [-0.15, -0.1) is 0 Å². The zero-order valence-corrected chi connectivity index (χ0v) is 9.73. The van der Waals surface area contributed by atoms with Crippen molar-refractivity contribution in [2.24, 2.45) is 0 Å². The number of carbonyl (C=O) groups is 1. The molecule has 18 heavy (non-hydrogen) atoms. The van der Waals surface area contributed by atoms with Gasteiger partial charge < -0.3 is 5.11 Å². The Morgan fingerprint density at radius 1 is 1.44 bits per heavy atom. The largest absolute Gasteiger partial charge is 0.478 e. The molecule has 0 aliphatic heterocycles. The lowest BCUT2D eigenvalue weighted by atomic mass is 9.73. The van der Waals surface area contributed by atoms with Crippen LogP contribution in [0.5, 0.6) is 0 Å². The molecule has 2 nitrogen and oxygen atoms in total. The zero-order chi connectivity index (χ0) is 13.3. The third-order valence-electron chi connectivity index (χ3n) is 3.21. The Morgan fingerprint density at radius 2 is 2.17 bits per heavy atom. The second kappa shape index (κ2) is 4.37. The molecule has 2 unspecified atom stereocenters. The van der Waals surface area contributed by atoms with Crippen LogP contribution in [-0.2, 0) is 10.2 Å². The number of halogens is 2. The number of carboxylic acid groups (broad SMARTS) is 1. The van der Waals surface area contributed by atoms with Crippen LogP contribution in [0.3, 0.4) is 0 Å². The van der Waals surface area contributed by atoms with Crippen molar-refractivity contribution in [3.05, 3.63) is 59.4 Å². The third-order valence-corrected chi connectivity index (χ3v) is 3.21. The number of rotatable bonds is 2. The predicted molar refractivity (Wildman–Crippen MR) is 63.5 cm³/mol. The highest BCUT2D eigenvalue weighted by molar-refractivity contribution is 5.89. The van der Waals surface area contributed by atoms with Crippen molar-refractivity contribution in [2.75, 3.05) is 0 Å². The molecule has 2 atom stereocenters. The number of alkyl halides is 1. The second-order valence-electron chi connectivity index (χ2n) is 4.44. The molecule has 4 heteroatoms. The lowest BCUT2D eigenvalue weighted by Crippen LogP contribution is -2.37.